The molecule has 1 aromatic carbocycles. The molecule has 0 aliphatic heterocycles. The van der Waals surface area contributed by atoms with Crippen LogP contribution in [-0.2, 0) is 4.79 Å². The third-order valence-corrected chi connectivity index (χ3v) is 2.85. The maximum atomic E-state index is 11.6. The van der Waals surface area contributed by atoms with Crippen molar-refractivity contribution >= 4 is 39.5 Å². The third kappa shape index (κ3) is 4.54. The Hall–Kier alpha value is -2.09. The van der Waals surface area contributed by atoms with E-state index in [-0.39, 0.29) is 23.7 Å². The molecule has 108 valence electrons. The Labute approximate surface area is 124 Å². The summed E-state index contributed by atoms with van der Waals surface area (Å²) in [7, 11) is 3.14. The average Bonchev–Trinajstić information content (AvgIpc) is 2.35. The highest BCUT2D eigenvalue weighted by Crippen LogP contribution is 2.21. The Bertz CT molecular complexity index is 546. The molecule has 8 heteroatoms. The average molecular weight is 344 g/mol. The number of nitrogens with one attached hydrogen (secondary N) is 2. The summed E-state index contributed by atoms with van der Waals surface area (Å²) in [5.74, 6) is -1.43. The van der Waals surface area contributed by atoms with Gasteiger partial charge in [-0.05, 0) is 18.2 Å². The maximum absolute atomic E-state index is 11.6. The fraction of sp³-hybridized carbons (Fsp3) is 0.250. The number of carbonyl (C=O) groups excluding carboxylic acids is 2. The Morgan fingerprint density at radius 1 is 1.30 bits per heavy atom. The van der Waals surface area contributed by atoms with E-state index in [0.717, 1.165) is 0 Å². The van der Waals surface area contributed by atoms with Crippen LogP contribution in [0.15, 0.2) is 22.7 Å². The van der Waals surface area contributed by atoms with Gasteiger partial charge in [0.25, 0.3) is 0 Å². The molecule has 0 fully saturated rings. The molecule has 0 aromatic heterocycles. The van der Waals surface area contributed by atoms with E-state index in [1.165, 1.54) is 17.0 Å². The second-order valence-corrected chi connectivity index (χ2v) is 5.01. The molecule has 1 rings (SSSR count). The Morgan fingerprint density at radius 2 is 1.95 bits per heavy atom. The minimum absolute atomic E-state index is 0.0395. The zero-order valence-corrected chi connectivity index (χ0v) is 12.5. The molecule has 0 aliphatic rings. The first-order chi connectivity index (χ1) is 9.31. The number of benzene rings is 1. The van der Waals surface area contributed by atoms with E-state index in [2.05, 4.69) is 26.6 Å². The van der Waals surface area contributed by atoms with Crippen molar-refractivity contribution in [2.75, 3.05) is 26.0 Å². The summed E-state index contributed by atoms with van der Waals surface area (Å²) in [5.41, 5.74) is 0.101. The number of anilines is 1. The summed E-state index contributed by atoms with van der Waals surface area (Å²) in [6.45, 7) is -0.171. The fourth-order valence-electron chi connectivity index (χ4n) is 1.29. The summed E-state index contributed by atoms with van der Waals surface area (Å²) >= 11 is 3.19. The highest BCUT2D eigenvalue weighted by atomic mass is 79.9. The van der Waals surface area contributed by atoms with Gasteiger partial charge in [0.2, 0.25) is 5.91 Å². The molecule has 7 nitrogen and oxygen atoms in total. The van der Waals surface area contributed by atoms with E-state index in [9.17, 15) is 14.4 Å². The van der Waals surface area contributed by atoms with E-state index in [0.29, 0.717) is 4.47 Å². The van der Waals surface area contributed by atoms with Crippen molar-refractivity contribution in [2.24, 2.45) is 0 Å². The number of aromatic carboxylic acids is 1. The number of carboxylic acids is 1. The Balaban J connectivity index is 2.73. The maximum Gasteiger partial charge on any atom is 0.337 e. The lowest BCUT2D eigenvalue weighted by Crippen LogP contribution is -2.38. The second kappa shape index (κ2) is 6.90. The van der Waals surface area contributed by atoms with E-state index in [1.807, 2.05) is 0 Å². The fourth-order valence-corrected chi connectivity index (χ4v) is 1.65. The molecule has 3 amide bonds. The van der Waals surface area contributed by atoms with Crippen LogP contribution in [0, 0.1) is 0 Å². The van der Waals surface area contributed by atoms with Gasteiger partial charge in [0.15, 0.2) is 0 Å². The minimum Gasteiger partial charge on any atom is -0.478 e. The zero-order chi connectivity index (χ0) is 15.3. The van der Waals surface area contributed by atoms with Crippen LogP contribution < -0.4 is 10.6 Å². The molecule has 0 spiro atoms. The van der Waals surface area contributed by atoms with Gasteiger partial charge in [0.05, 0.1) is 17.8 Å². The predicted octanol–water partition coefficient (Wildman–Crippen LogP) is 1.36. The van der Waals surface area contributed by atoms with Crippen LogP contribution in [-0.4, -0.2) is 48.6 Å². The van der Waals surface area contributed by atoms with Crippen molar-refractivity contribution in [1.29, 1.82) is 0 Å². The first-order valence-corrected chi connectivity index (χ1v) is 6.38. The van der Waals surface area contributed by atoms with Crippen LogP contribution in [0.2, 0.25) is 0 Å². The first kappa shape index (κ1) is 16.0. The molecule has 0 aliphatic carbocycles. The second-order valence-electron chi connectivity index (χ2n) is 4.09. The topological polar surface area (TPSA) is 98.7 Å². The monoisotopic (exact) mass is 343 g/mol. The van der Waals surface area contributed by atoms with Gasteiger partial charge < -0.3 is 20.6 Å². The van der Waals surface area contributed by atoms with Crippen LogP contribution in [0.4, 0.5) is 10.5 Å². The van der Waals surface area contributed by atoms with Crippen LogP contribution >= 0.6 is 15.9 Å². The minimum atomic E-state index is -1.16. The third-order valence-electron chi connectivity index (χ3n) is 2.36. The molecule has 3 N–H and O–H groups in total. The molecule has 0 heterocycles. The van der Waals surface area contributed by atoms with E-state index >= 15 is 0 Å². The number of hydrogen-bond acceptors (Lipinski definition) is 3. The van der Waals surface area contributed by atoms with Gasteiger partial charge in [-0.25, -0.2) is 9.59 Å². The van der Waals surface area contributed by atoms with Crippen molar-refractivity contribution in [3.8, 4) is 0 Å². The van der Waals surface area contributed by atoms with Crippen LogP contribution in [0.3, 0.4) is 0 Å². The van der Waals surface area contributed by atoms with E-state index < -0.39 is 12.0 Å². The number of nitrogens with zero attached hydrogens (tertiary/aromatic N) is 1. The molecule has 0 saturated carbocycles. The number of carbonyl (C=O) groups is 3. The predicted molar refractivity (Wildman–Crippen MR) is 76.8 cm³/mol. The number of carboxylic acid groups (broad SMARTS) is 1. The summed E-state index contributed by atoms with van der Waals surface area (Å²) in [6, 6.07) is 3.74. The summed E-state index contributed by atoms with van der Waals surface area (Å²) in [5, 5.41) is 13.8. The molecule has 0 saturated heterocycles. The van der Waals surface area contributed by atoms with Gasteiger partial charge in [-0.1, -0.05) is 15.9 Å². The lowest BCUT2D eigenvalue weighted by molar-refractivity contribution is -0.127. The Morgan fingerprint density at radius 3 is 2.50 bits per heavy atom. The van der Waals surface area contributed by atoms with Crippen molar-refractivity contribution in [3.05, 3.63) is 28.2 Å². The number of rotatable bonds is 4. The van der Waals surface area contributed by atoms with E-state index in [1.54, 1.807) is 20.2 Å². The molecule has 0 bridgehead atoms. The number of amides is 3. The highest BCUT2D eigenvalue weighted by Gasteiger charge is 2.13. The summed E-state index contributed by atoms with van der Waals surface area (Å²) in [6.07, 6.45) is 0. The molecular formula is C12H14BrN3O4. The van der Waals surface area contributed by atoms with Crippen LogP contribution in [0.1, 0.15) is 10.4 Å². The SMILES string of the molecule is CN(C)C(=O)CNC(=O)Nc1cc(Br)ccc1C(=O)O. The Kier molecular flexibility index (Phi) is 5.51. The molecular weight excluding hydrogens is 330 g/mol. The molecule has 0 radical (unpaired) electrons. The van der Waals surface area contributed by atoms with Gasteiger partial charge in [-0.2, -0.15) is 0 Å². The van der Waals surface area contributed by atoms with Crippen LogP contribution in [0.5, 0.6) is 0 Å². The van der Waals surface area contributed by atoms with Gasteiger partial charge in [0.1, 0.15) is 0 Å². The summed E-state index contributed by atoms with van der Waals surface area (Å²) < 4.78 is 0.627. The molecule has 1 aromatic rings. The van der Waals surface area contributed by atoms with Crippen molar-refractivity contribution in [3.63, 3.8) is 0 Å². The lowest BCUT2D eigenvalue weighted by atomic mass is 10.2. The number of hydrogen-bond donors (Lipinski definition) is 3. The molecule has 0 atom stereocenters. The molecule has 20 heavy (non-hydrogen) atoms. The lowest BCUT2D eigenvalue weighted by Gasteiger charge is -2.12. The number of urea groups is 1. The van der Waals surface area contributed by atoms with Crippen molar-refractivity contribution in [2.45, 2.75) is 0 Å². The van der Waals surface area contributed by atoms with Gasteiger partial charge in [-0.3, -0.25) is 4.79 Å². The normalized spacial score (nSPS) is 9.75. The zero-order valence-electron chi connectivity index (χ0n) is 10.9. The summed E-state index contributed by atoms with van der Waals surface area (Å²) in [4.78, 5) is 35.3. The largest absolute Gasteiger partial charge is 0.478 e. The van der Waals surface area contributed by atoms with E-state index in [4.69, 9.17) is 5.11 Å². The van der Waals surface area contributed by atoms with Crippen molar-refractivity contribution in [1.82, 2.24) is 10.2 Å². The highest BCUT2D eigenvalue weighted by molar-refractivity contribution is 9.10. The first-order valence-electron chi connectivity index (χ1n) is 5.59. The smallest absolute Gasteiger partial charge is 0.337 e. The van der Waals surface area contributed by atoms with Gasteiger partial charge >= 0.3 is 12.0 Å². The van der Waals surface area contributed by atoms with Crippen molar-refractivity contribution < 1.29 is 19.5 Å². The number of halogens is 1. The number of likely N-dealkylation sites (N-methyl/N-ethyl adjacent to an activating group) is 1. The van der Waals surface area contributed by atoms with Gasteiger partial charge in [-0.15, -0.1) is 0 Å². The standard InChI is InChI=1S/C12H14BrN3O4/c1-16(2)10(17)6-14-12(20)15-9-5-7(13)3-4-8(9)11(18)19/h3-5H,6H2,1-2H3,(H,18,19)(H2,14,15,20). The van der Waals surface area contributed by atoms with Crippen LogP contribution in [0.25, 0.3) is 0 Å². The molecule has 0 unspecified atom stereocenters. The quantitative estimate of drug-likeness (QED) is 0.768. The van der Waals surface area contributed by atoms with Gasteiger partial charge in [0, 0.05) is 18.6 Å².